The Morgan fingerprint density at radius 2 is 2.11 bits per heavy atom. The number of nitrogens with two attached hydrogens (primary N) is 1. The molecule has 19 heavy (non-hydrogen) atoms. The van der Waals surface area contributed by atoms with Crippen molar-refractivity contribution in [3.8, 4) is 0 Å². The molecule has 1 aliphatic heterocycles. The van der Waals surface area contributed by atoms with Crippen molar-refractivity contribution < 1.29 is 30.0 Å². The van der Waals surface area contributed by atoms with Crippen LogP contribution in [0.5, 0.6) is 0 Å². The number of aliphatic hydroxyl groups excluding tert-OH is 3. The predicted octanol–water partition coefficient (Wildman–Crippen LogP) is -2.62. The molecule has 10 nitrogen and oxygen atoms in total. The average Bonchev–Trinajstić information content (AvgIpc) is 2.40. The largest absolute Gasteiger partial charge is 0.394 e. The monoisotopic (exact) mass is 276 g/mol. The lowest BCUT2D eigenvalue weighted by Crippen LogP contribution is -2.71. The molecule has 1 rings (SSSR count). The third kappa shape index (κ3) is 3.01. The molecular formula is C9H16N4O6. The van der Waals surface area contributed by atoms with Crippen LogP contribution >= 0.6 is 0 Å². The van der Waals surface area contributed by atoms with Crippen molar-refractivity contribution in [1.82, 2.24) is 0 Å². The molecule has 1 aliphatic rings. The van der Waals surface area contributed by atoms with Crippen LogP contribution in [0.15, 0.2) is 5.11 Å². The molecule has 1 saturated heterocycles. The molecule has 0 radical (unpaired) electrons. The fourth-order valence-corrected chi connectivity index (χ4v) is 1.82. The third-order valence-corrected chi connectivity index (χ3v) is 2.96. The zero-order valence-corrected chi connectivity index (χ0v) is 9.96. The number of rotatable bonds is 5. The fourth-order valence-electron chi connectivity index (χ4n) is 1.82. The van der Waals surface area contributed by atoms with Crippen LogP contribution in [0.3, 0.4) is 0 Å². The van der Waals surface area contributed by atoms with E-state index in [0.29, 0.717) is 0 Å². The first-order valence-corrected chi connectivity index (χ1v) is 5.55. The van der Waals surface area contributed by atoms with Crippen molar-refractivity contribution in [2.45, 2.75) is 36.6 Å². The highest BCUT2D eigenvalue weighted by atomic mass is 16.7. The number of azide groups is 1. The quantitative estimate of drug-likeness (QED) is 0.207. The molecule has 1 unspecified atom stereocenters. The number of ketones is 1. The van der Waals surface area contributed by atoms with E-state index in [2.05, 4.69) is 10.0 Å². The highest BCUT2D eigenvalue weighted by Gasteiger charge is 2.55. The van der Waals surface area contributed by atoms with Crippen molar-refractivity contribution in [2.24, 2.45) is 10.8 Å². The minimum atomic E-state index is -2.54. The number of nitrogens with zero attached hydrogens (tertiary/aromatic N) is 3. The van der Waals surface area contributed by atoms with Gasteiger partial charge in [0, 0.05) is 17.9 Å². The molecule has 0 aliphatic carbocycles. The molecular weight excluding hydrogens is 260 g/mol. The maximum atomic E-state index is 11.8. The van der Waals surface area contributed by atoms with Gasteiger partial charge >= 0.3 is 0 Å². The van der Waals surface area contributed by atoms with Gasteiger partial charge in [0.1, 0.15) is 18.3 Å². The van der Waals surface area contributed by atoms with Gasteiger partial charge in [-0.05, 0) is 5.53 Å². The Bertz CT molecular complexity index is 385. The lowest BCUT2D eigenvalue weighted by atomic mass is 9.87. The van der Waals surface area contributed by atoms with Gasteiger partial charge in [-0.15, -0.1) is 0 Å². The van der Waals surface area contributed by atoms with E-state index in [1.165, 1.54) is 0 Å². The Kier molecular flexibility index (Phi) is 5.20. The minimum absolute atomic E-state index is 0.212. The van der Waals surface area contributed by atoms with Crippen LogP contribution in [-0.2, 0) is 9.53 Å². The van der Waals surface area contributed by atoms with E-state index in [9.17, 15) is 20.1 Å². The second-order valence-electron chi connectivity index (χ2n) is 4.17. The number of hydrogen-bond donors (Lipinski definition) is 5. The first-order chi connectivity index (χ1) is 8.88. The number of carbonyl (C=O) groups is 1. The summed E-state index contributed by atoms with van der Waals surface area (Å²) in [7, 11) is 0. The summed E-state index contributed by atoms with van der Waals surface area (Å²) in [5.74, 6) is -3.45. The van der Waals surface area contributed by atoms with Crippen LogP contribution in [0.1, 0.15) is 6.42 Å². The second kappa shape index (κ2) is 6.26. The number of ether oxygens (including phenoxy) is 1. The maximum Gasteiger partial charge on any atom is 0.245 e. The molecule has 0 aromatic heterocycles. The van der Waals surface area contributed by atoms with Crippen LogP contribution in [0.2, 0.25) is 0 Å². The van der Waals surface area contributed by atoms with Crippen molar-refractivity contribution in [3.05, 3.63) is 10.4 Å². The molecule has 0 aromatic rings. The van der Waals surface area contributed by atoms with E-state index in [1.54, 1.807) is 0 Å². The summed E-state index contributed by atoms with van der Waals surface area (Å²) in [4.78, 5) is 14.2. The van der Waals surface area contributed by atoms with Gasteiger partial charge in [0.15, 0.2) is 5.78 Å². The minimum Gasteiger partial charge on any atom is -0.394 e. The molecule has 1 fully saturated rings. The summed E-state index contributed by atoms with van der Waals surface area (Å²) in [6.45, 7) is -0.924. The molecule has 0 aromatic carbocycles. The Morgan fingerprint density at radius 3 is 2.63 bits per heavy atom. The van der Waals surface area contributed by atoms with E-state index in [0.717, 1.165) is 0 Å². The molecule has 6 N–H and O–H groups in total. The number of carbonyl (C=O) groups excluding carboxylic acids is 1. The molecule has 0 saturated carbocycles. The number of hydrogen-bond acceptors (Lipinski definition) is 8. The van der Waals surface area contributed by atoms with Crippen LogP contribution in [0.25, 0.3) is 10.4 Å². The summed E-state index contributed by atoms with van der Waals surface area (Å²) in [6.07, 6.45) is -4.86. The smallest absolute Gasteiger partial charge is 0.245 e. The lowest BCUT2D eigenvalue weighted by Gasteiger charge is -2.45. The summed E-state index contributed by atoms with van der Waals surface area (Å²) < 4.78 is 4.90. The van der Waals surface area contributed by atoms with Gasteiger partial charge in [-0.1, -0.05) is 5.11 Å². The van der Waals surface area contributed by atoms with Crippen molar-refractivity contribution in [2.75, 3.05) is 13.2 Å². The van der Waals surface area contributed by atoms with Gasteiger partial charge in [-0.3, -0.25) is 4.79 Å². The summed E-state index contributed by atoms with van der Waals surface area (Å²) in [5.41, 5.74) is 13.6. The lowest BCUT2D eigenvalue weighted by molar-refractivity contribution is -0.297. The number of Topliss-reactive ketones (excluding diaryl/α,β-unsaturated/α-hetero) is 1. The highest BCUT2D eigenvalue weighted by molar-refractivity contribution is 5.87. The first kappa shape index (κ1) is 15.8. The molecule has 10 heteroatoms. The average molecular weight is 276 g/mol. The normalized spacial score (nSPS) is 38.6. The fraction of sp³-hybridized carbons (Fsp3) is 0.889. The van der Waals surface area contributed by atoms with Crippen LogP contribution in [-0.4, -0.2) is 69.5 Å². The van der Waals surface area contributed by atoms with Crippen LogP contribution in [0.4, 0.5) is 0 Å². The van der Waals surface area contributed by atoms with E-state index in [1.807, 2.05) is 0 Å². The van der Waals surface area contributed by atoms with Gasteiger partial charge in [0.2, 0.25) is 5.79 Å². The Balaban J connectivity index is 2.88. The highest BCUT2D eigenvalue weighted by Crippen LogP contribution is 2.28. The van der Waals surface area contributed by atoms with E-state index in [4.69, 9.17) is 21.1 Å². The molecule has 0 bridgehead atoms. The molecule has 1 heterocycles. The standard InChI is InChI=1S/C9H16N4O6/c10-8-7(17)6(16)4(3-14)19-9(8,18)5(15)1-2-12-13-11/h4,6-8,14,16-18H,1-3,10H2/t4-,6-,7+,8+,9?/m1/s1. The Labute approximate surface area is 108 Å². The van der Waals surface area contributed by atoms with Gasteiger partial charge in [0.25, 0.3) is 0 Å². The molecule has 0 spiro atoms. The topological polar surface area (TPSA) is 182 Å². The van der Waals surface area contributed by atoms with Crippen LogP contribution in [0, 0.1) is 0 Å². The maximum absolute atomic E-state index is 11.8. The molecule has 0 amide bonds. The van der Waals surface area contributed by atoms with Gasteiger partial charge in [0.05, 0.1) is 12.6 Å². The molecule has 5 atom stereocenters. The first-order valence-electron chi connectivity index (χ1n) is 5.55. The third-order valence-electron chi connectivity index (χ3n) is 2.96. The zero-order chi connectivity index (χ0) is 14.6. The van der Waals surface area contributed by atoms with Crippen molar-refractivity contribution in [3.63, 3.8) is 0 Å². The Hall–Kier alpha value is -1.26. The number of aliphatic hydroxyl groups is 4. The van der Waals surface area contributed by atoms with Gasteiger partial charge < -0.3 is 30.9 Å². The summed E-state index contributed by atoms with van der Waals surface area (Å²) >= 11 is 0. The van der Waals surface area contributed by atoms with E-state index >= 15 is 0 Å². The zero-order valence-electron chi connectivity index (χ0n) is 9.96. The second-order valence-corrected chi connectivity index (χ2v) is 4.17. The van der Waals surface area contributed by atoms with E-state index < -0.39 is 42.5 Å². The SMILES string of the molecule is [N-]=[N+]=NCCC(=O)C1(O)O[C@H](CO)[C@@H](O)[C@H](O)[C@@H]1N. The van der Waals surface area contributed by atoms with Gasteiger partial charge in [-0.25, -0.2) is 0 Å². The summed E-state index contributed by atoms with van der Waals surface area (Å²) in [5, 5.41) is 41.4. The van der Waals surface area contributed by atoms with Crippen LogP contribution < -0.4 is 5.73 Å². The van der Waals surface area contributed by atoms with Crippen molar-refractivity contribution in [1.29, 1.82) is 0 Å². The van der Waals surface area contributed by atoms with E-state index in [-0.39, 0.29) is 13.0 Å². The summed E-state index contributed by atoms with van der Waals surface area (Å²) in [6, 6.07) is -1.58. The van der Waals surface area contributed by atoms with Crippen molar-refractivity contribution >= 4 is 5.78 Å². The van der Waals surface area contributed by atoms with Gasteiger partial charge in [-0.2, -0.15) is 0 Å². The predicted molar refractivity (Wildman–Crippen MR) is 60.5 cm³/mol. The Morgan fingerprint density at radius 1 is 1.47 bits per heavy atom. The molecule has 108 valence electrons.